The molecular formula is C15H9Cl3N4OS. The highest BCUT2D eigenvalue weighted by Gasteiger charge is 2.40. The molecule has 122 valence electrons. The van der Waals surface area contributed by atoms with Crippen molar-refractivity contribution in [3.05, 3.63) is 52.1 Å². The number of anilines is 1. The average molecular weight is 400 g/mol. The lowest BCUT2D eigenvalue weighted by molar-refractivity contribution is 0.491. The van der Waals surface area contributed by atoms with E-state index in [9.17, 15) is 4.79 Å². The first-order valence-corrected chi connectivity index (χ1v) is 8.94. The van der Waals surface area contributed by atoms with Crippen LogP contribution in [-0.4, -0.2) is 18.6 Å². The average Bonchev–Trinajstić information content (AvgIpc) is 3.07. The van der Waals surface area contributed by atoms with E-state index in [0.717, 1.165) is 11.3 Å². The van der Waals surface area contributed by atoms with E-state index >= 15 is 0 Å². The fourth-order valence-corrected chi connectivity index (χ4v) is 3.70. The highest BCUT2D eigenvalue weighted by molar-refractivity contribution is 7.13. The molecule has 1 N–H and O–H groups in total. The molecule has 9 heteroatoms. The topological polar surface area (TPSA) is 59.8 Å². The molecule has 1 aliphatic heterocycles. The first kappa shape index (κ1) is 15.9. The zero-order valence-electron chi connectivity index (χ0n) is 11.9. The van der Waals surface area contributed by atoms with Crippen molar-refractivity contribution in [1.82, 2.24) is 14.8 Å². The van der Waals surface area contributed by atoms with E-state index in [1.54, 1.807) is 6.07 Å². The van der Waals surface area contributed by atoms with Gasteiger partial charge in [0.15, 0.2) is 17.7 Å². The summed E-state index contributed by atoms with van der Waals surface area (Å²) in [7, 11) is 0. The molecule has 0 radical (unpaired) electrons. The molecule has 0 saturated heterocycles. The van der Waals surface area contributed by atoms with Crippen LogP contribution in [0.5, 0.6) is 0 Å². The zero-order valence-corrected chi connectivity index (χ0v) is 15.0. The number of halogens is 3. The van der Waals surface area contributed by atoms with Gasteiger partial charge in [-0.15, -0.1) is 11.3 Å². The molecule has 5 nitrogen and oxygen atoms in total. The zero-order chi connectivity index (χ0) is 16.9. The van der Waals surface area contributed by atoms with E-state index in [1.165, 1.54) is 16.0 Å². The first-order chi connectivity index (χ1) is 11.4. The van der Waals surface area contributed by atoms with Gasteiger partial charge in [0.05, 0.1) is 4.88 Å². The maximum Gasteiger partial charge on any atom is 0.300 e. The smallest absolute Gasteiger partial charge is 0.300 e. The number of aromatic nitrogens is 3. The fourth-order valence-electron chi connectivity index (χ4n) is 2.56. The summed E-state index contributed by atoms with van der Waals surface area (Å²) >= 11 is 19.8. The molecule has 0 saturated carbocycles. The highest BCUT2D eigenvalue weighted by Crippen LogP contribution is 2.44. The van der Waals surface area contributed by atoms with Crippen LogP contribution in [0.2, 0.25) is 0 Å². The van der Waals surface area contributed by atoms with Crippen molar-refractivity contribution < 1.29 is 0 Å². The number of thiophene rings is 1. The lowest BCUT2D eigenvalue weighted by Crippen LogP contribution is -2.38. The van der Waals surface area contributed by atoms with Gasteiger partial charge in [-0.25, -0.2) is 4.68 Å². The van der Waals surface area contributed by atoms with E-state index in [1.807, 2.05) is 35.7 Å². The summed E-state index contributed by atoms with van der Waals surface area (Å²) in [4.78, 5) is 17.4. The molecule has 1 aromatic carbocycles. The van der Waals surface area contributed by atoms with Crippen LogP contribution in [0, 0.1) is 0 Å². The van der Waals surface area contributed by atoms with Gasteiger partial charge in [-0.3, -0.25) is 4.79 Å². The van der Waals surface area contributed by atoms with Crippen LogP contribution >= 0.6 is 46.1 Å². The Morgan fingerprint density at radius 3 is 2.67 bits per heavy atom. The Kier molecular flexibility index (Phi) is 3.80. The highest BCUT2D eigenvalue weighted by atomic mass is 35.6. The predicted octanol–water partition coefficient (Wildman–Crippen LogP) is 4.33. The van der Waals surface area contributed by atoms with Gasteiger partial charge < -0.3 is 5.32 Å². The Morgan fingerprint density at radius 2 is 1.96 bits per heavy atom. The normalized spacial score (nSPS) is 16.2. The monoisotopic (exact) mass is 398 g/mol. The van der Waals surface area contributed by atoms with Crippen molar-refractivity contribution >= 4 is 51.8 Å². The van der Waals surface area contributed by atoms with Gasteiger partial charge in [-0.05, 0) is 23.6 Å². The molecule has 1 aliphatic rings. The third-order valence-electron chi connectivity index (χ3n) is 3.60. The van der Waals surface area contributed by atoms with Crippen LogP contribution in [0.25, 0.3) is 22.0 Å². The van der Waals surface area contributed by atoms with Crippen molar-refractivity contribution in [1.29, 1.82) is 0 Å². The number of benzene rings is 1. The van der Waals surface area contributed by atoms with Crippen LogP contribution < -0.4 is 10.9 Å². The van der Waals surface area contributed by atoms with E-state index in [2.05, 4.69) is 15.4 Å². The van der Waals surface area contributed by atoms with Crippen molar-refractivity contribution in [2.24, 2.45) is 0 Å². The molecule has 0 bridgehead atoms. The van der Waals surface area contributed by atoms with Gasteiger partial charge in [0.2, 0.25) is 3.79 Å². The fraction of sp³-hybridized carbons (Fsp3) is 0.133. The Morgan fingerprint density at radius 1 is 1.17 bits per heavy atom. The van der Waals surface area contributed by atoms with E-state index in [0.29, 0.717) is 10.7 Å². The number of alkyl halides is 3. The van der Waals surface area contributed by atoms with Crippen LogP contribution in [-0.2, 0) is 0 Å². The molecule has 0 fully saturated rings. The Balaban J connectivity index is 2.00. The molecule has 4 rings (SSSR count). The molecule has 24 heavy (non-hydrogen) atoms. The lowest BCUT2D eigenvalue weighted by Gasteiger charge is -2.33. The van der Waals surface area contributed by atoms with E-state index in [4.69, 9.17) is 34.8 Å². The summed E-state index contributed by atoms with van der Waals surface area (Å²) in [6.45, 7) is 0. The Hall–Kier alpha value is -1.60. The maximum absolute atomic E-state index is 12.5. The van der Waals surface area contributed by atoms with Crippen molar-refractivity contribution in [3.63, 3.8) is 0 Å². The SMILES string of the molecule is O=c1nc2n(nc1-c1cccs1)C(C(Cl)(Cl)Cl)Nc1ccccc1-2. The molecule has 1 atom stereocenters. The van der Waals surface area contributed by atoms with E-state index < -0.39 is 15.5 Å². The largest absolute Gasteiger partial charge is 0.360 e. The van der Waals surface area contributed by atoms with Gasteiger partial charge in [-0.1, -0.05) is 53.0 Å². The summed E-state index contributed by atoms with van der Waals surface area (Å²) in [5.74, 6) is 0.367. The minimum absolute atomic E-state index is 0.231. The minimum Gasteiger partial charge on any atom is -0.360 e. The molecular weight excluding hydrogens is 391 g/mol. The Bertz CT molecular complexity index is 966. The third kappa shape index (κ3) is 2.59. The minimum atomic E-state index is -1.68. The van der Waals surface area contributed by atoms with Crippen LogP contribution in [0.4, 0.5) is 5.69 Å². The van der Waals surface area contributed by atoms with Gasteiger partial charge in [0, 0.05) is 11.3 Å². The maximum atomic E-state index is 12.5. The first-order valence-electron chi connectivity index (χ1n) is 6.92. The summed E-state index contributed by atoms with van der Waals surface area (Å²) in [5, 5.41) is 9.45. The van der Waals surface area contributed by atoms with Gasteiger partial charge in [0.25, 0.3) is 0 Å². The second-order valence-corrected chi connectivity index (χ2v) is 8.46. The van der Waals surface area contributed by atoms with Crippen LogP contribution in [0.15, 0.2) is 46.6 Å². The molecule has 3 aromatic rings. The summed E-state index contributed by atoms with van der Waals surface area (Å²) < 4.78 is -0.218. The molecule has 3 heterocycles. The standard InChI is InChI=1S/C15H9Cl3N4OS/c16-15(17,18)14-19-9-5-2-1-4-8(9)12-20-13(23)11(21-22(12)14)10-6-3-7-24-10/h1-7,14,19H. The summed E-state index contributed by atoms with van der Waals surface area (Å²) in [6, 6.07) is 11.0. The number of para-hydroxylation sites is 1. The second kappa shape index (κ2) is 5.74. The van der Waals surface area contributed by atoms with Gasteiger partial charge >= 0.3 is 5.56 Å². The van der Waals surface area contributed by atoms with Crippen molar-refractivity contribution in [2.45, 2.75) is 9.96 Å². The molecule has 0 aliphatic carbocycles. The van der Waals surface area contributed by atoms with Crippen molar-refractivity contribution in [3.8, 4) is 22.0 Å². The number of rotatable bonds is 1. The summed E-state index contributed by atoms with van der Waals surface area (Å²) in [5.41, 5.74) is 1.27. The Labute approximate surface area is 155 Å². The predicted molar refractivity (Wildman–Crippen MR) is 98.0 cm³/mol. The lowest BCUT2D eigenvalue weighted by atomic mass is 10.1. The molecule has 0 amide bonds. The summed E-state index contributed by atoms with van der Waals surface area (Å²) in [6.07, 6.45) is -0.792. The number of fused-ring (bicyclic) bond motifs is 3. The second-order valence-electron chi connectivity index (χ2n) is 5.15. The molecule has 1 unspecified atom stereocenters. The number of nitrogens with one attached hydrogen (secondary N) is 1. The number of hydrogen-bond acceptors (Lipinski definition) is 5. The van der Waals surface area contributed by atoms with E-state index in [-0.39, 0.29) is 5.69 Å². The van der Waals surface area contributed by atoms with Crippen LogP contribution in [0.3, 0.4) is 0 Å². The van der Waals surface area contributed by atoms with Crippen molar-refractivity contribution in [2.75, 3.05) is 5.32 Å². The molecule has 0 spiro atoms. The van der Waals surface area contributed by atoms with Crippen LogP contribution in [0.1, 0.15) is 6.17 Å². The molecule has 2 aromatic heterocycles. The van der Waals surface area contributed by atoms with Gasteiger partial charge in [0.1, 0.15) is 0 Å². The van der Waals surface area contributed by atoms with Gasteiger partial charge in [-0.2, -0.15) is 10.1 Å². The third-order valence-corrected chi connectivity index (χ3v) is 5.10. The number of hydrogen-bond donors (Lipinski definition) is 1. The number of nitrogens with zero attached hydrogens (tertiary/aromatic N) is 3. The quantitative estimate of drug-likeness (QED) is 0.619.